The van der Waals surface area contributed by atoms with Crippen molar-refractivity contribution in [3.63, 3.8) is 0 Å². The number of benzene rings is 2. The Morgan fingerprint density at radius 3 is 1.65 bits per heavy atom. The SMILES string of the molecule is C/C(=N\N=C(/C)c1ccc(I)cc1)c1ccc(N)cc1. The summed E-state index contributed by atoms with van der Waals surface area (Å²) in [4.78, 5) is 0. The van der Waals surface area contributed by atoms with Crippen LogP contribution in [-0.2, 0) is 0 Å². The lowest BCUT2D eigenvalue weighted by atomic mass is 10.1. The maximum atomic E-state index is 5.67. The van der Waals surface area contributed by atoms with Crippen LogP contribution in [0.5, 0.6) is 0 Å². The highest BCUT2D eigenvalue weighted by molar-refractivity contribution is 14.1. The molecule has 102 valence electrons. The summed E-state index contributed by atoms with van der Waals surface area (Å²) in [6.07, 6.45) is 0. The Balaban J connectivity index is 2.19. The van der Waals surface area contributed by atoms with Gasteiger partial charge in [-0.1, -0.05) is 24.3 Å². The molecule has 0 amide bonds. The number of nitrogen functional groups attached to an aromatic ring is 1. The minimum atomic E-state index is 0.750. The van der Waals surface area contributed by atoms with E-state index in [0.29, 0.717) is 0 Å². The molecule has 0 saturated carbocycles. The fourth-order valence-electron chi connectivity index (χ4n) is 1.68. The van der Waals surface area contributed by atoms with Gasteiger partial charge in [0.15, 0.2) is 0 Å². The molecule has 2 aromatic carbocycles. The third-order valence-corrected chi connectivity index (χ3v) is 3.66. The first-order valence-corrected chi connectivity index (χ1v) is 7.35. The van der Waals surface area contributed by atoms with E-state index < -0.39 is 0 Å². The molecule has 0 radical (unpaired) electrons. The van der Waals surface area contributed by atoms with Crippen molar-refractivity contribution in [1.82, 2.24) is 0 Å². The van der Waals surface area contributed by atoms with Crippen LogP contribution in [0.2, 0.25) is 0 Å². The number of anilines is 1. The molecule has 2 aromatic rings. The van der Waals surface area contributed by atoms with Crippen LogP contribution < -0.4 is 5.73 Å². The summed E-state index contributed by atoms with van der Waals surface area (Å²) in [5.41, 5.74) is 10.3. The number of hydrogen-bond donors (Lipinski definition) is 1. The zero-order valence-corrected chi connectivity index (χ0v) is 13.6. The lowest BCUT2D eigenvalue weighted by Gasteiger charge is -2.01. The first-order valence-electron chi connectivity index (χ1n) is 6.27. The first-order chi connectivity index (χ1) is 9.56. The number of rotatable bonds is 3. The van der Waals surface area contributed by atoms with Crippen molar-refractivity contribution < 1.29 is 0 Å². The Bertz CT molecular complexity index is 581. The lowest BCUT2D eigenvalue weighted by Crippen LogP contribution is -1.97. The van der Waals surface area contributed by atoms with E-state index in [9.17, 15) is 0 Å². The summed E-state index contributed by atoms with van der Waals surface area (Å²) in [6.45, 7) is 3.90. The minimum absolute atomic E-state index is 0.750. The summed E-state index contributed by atoms with van der Waals surface area (Å²) < 4.78 is 1.21. The van der Waals surface area contributed by atoms with E-state index in [-0.39, 0.29) is 0 Å². The smallest absolute Gasteiger partial charge is 0.0671 e. The predicted octanol–water partition coefficient (Wildman–Crippen LogP) is 4.11. The topological polar surface area (TPSA) is 50.7 Å². The highest BCUT2D eigenvalue weighted by atomic mass is 127. The van der Waals surface area contributed by atoms with Crippen molar-refractivity contribution >= 4 is 39.7 Å². The van der Waals surface area contributed by atoms with Gasteiger partial charge in [-0.2, -0.15) is 10.2 Å². The van der Waals surface area contributed by atoms with Gasteiger partial charge in [0.05, 0.1) is 11.4 Å². The van der Waals surface area contributed by atoms with Gasteiger partial charge in [0.2, 0.25) is 0 Å². The lowest BCUT2D eigenvalue weighted by molar-refractivity contribution is 1.22. The van der Waals surface area contributed by atoms with Crippen LogP contribution in [0.1, 0.15) is 25.0 Å². The Hall–Kier alpha value is -1.69. The van der Waals surface area contributed by atoms with Crippen LogP contribution >= 0.6 is 22.6 Å². The van der Waals surface area contributed by atoms with Crippen molar-refractivity contribution in [1.29, 1.82) is 0 Å². The first kappa shape index (κ1) is 14.7. The van der Waals surface area contributed by atoms with Crippen molar-refractivity contribution in [3.8, 4) is 0 Å². The molecule has 0 bridgehead atoms. The third kappa shape index (κ3) is 3.90. The molecule has 0 aromatic heterocycles. The van der Waals surface area contributed by atoms with Gasteiger partial charge in [-0.05, 0) is 71.8 Å². The summed E-state index contributed by atoms with van der Waals surface area (Å²) >= 11 is 2.28. The fourth-order valence-corrected chi connectivity index (χ4v) is 2.04. The fraction of sp³-hybridized carbons (Fsp3) is 0.125. The maximum Gasteiger partial charge on any atom is 0.0671 e. The van der Waals surface area contributed by atoms with Gasteiger partial charge in [-0.25, -0.2) is 0 Å². The molecular formula is C16H16IN3. The van der Waals surface area contributed by atoms with Crippen LogP contribution in [0.15, 0.2) is 58.7 Å². The van der Waals surface area contributed by atoms with Gasteiger partial charge >= 0.3 is 0 Å². The largest absolute Gasteiger partial charge is 0.399 e. The monoisotopic (exact) mass is 377 g/mol. The van der Waals surface area contributed by atoms with Gasteiger partial charge in [-0.15, -0.1) is 0 Å². The van der Waals surface area contributed by atoms with E-state index in [1.165, 1.54) is 3.57 Å². The van der Waals surface area contributed by atoms with E-state index >= 15 is 0 Å². The molecule has 0 aliphatic rings. The maximum absolute atomic E-state index is 5.67. The number of hydrogen-bond acceptors (Lipinski definition) is 3. The van der Waals surface area contributed by atoms with Crippen LogP contribution in [0, 0.1) is 3.57 Å². The van der Waals surface area contributed by atoms with Crippen LogP contribution in [-0.4, -0.2) is 11.4 Å². The highest BCUT2D eigenvalue weighted by Gasteiger charge is 1.99. The van der Waals surface area contributed by atoms with Gasteiger partial charge in [0.25, 0.3) is 0 Å². The van der Waals surface area contributed by atoms with Crippen molar-refractivity contribution in [2.75, 3.05) is 5.73 Å². The summed E-state index contributed by atoms with van der Waals surface area (Å²) in [5, 5.41) is 8.58. The number of halogens is 1. The summed E-state index contributed by atoms with van der Waals surface area (Å²) in [5.74, 6) is 0. The van der Waals surface area contributed by atoms with E-state index in [0.717, 1.165) is 28.2 Å². The molecule has 0 unspecified atom stereocenters. The molecule has 2 rings (SSSR count). The molecule has 3 nitrogen and oxygen atoms in total. The number of nitrogens with two attached hydrogens (primary N) is 1. The second-order valence-corrected chi connectivity index (χ2v) is 5.75. The standard InChI is InChI=1S/C16H16IN3/c1-11(13-3-7-15(17)8-4-13)19-20-12(2)14-5-9-16(18)10-6-14/h3-10H,18H2,1-2H3/b19-11+,20-12+. The molecule has 2 N–H and O–H groups in total. The Morgan fingerprint density at radius 1 is 0.800 bits per heavy atom. The molecule has 0 atom stereocenters. The molecule has 4 heteroatoms. The molecule has 20 heavy (non-hydrogen) atoms. The van der Waals surface area contributed by atoms with E-state index in [1.807, 2.05) is 38.1 Å². The number of nitrogens with zero attached hydrogens (tertiary/aromatic N) is 2. The van der Waals surface area contributed by atoms with Crippen molar-refractivity contribution in [2.24, 2.45) is 10.2 Å². The van der Waals surface area contributed by atoms with Crippen molar-refractivity contribution in [2.45, 2.75) is 13.8 Å². The molecule has 0 aliphatic heterocycles. The Morgan fingerprint density at radius 2 is 1.20 bits per heavy atom. The van der Waals surface area contributed by atoms with E-state index in [4.69, 9.17) is 5.73 Å². The molecule has 0 heterocycles. The normalized spacial score (nSPS) is 12.6. The highest BCUT2D eigenvalue weighted by Crippen LogP contribution is 2.09. The predicted molar refractivity (Wildman–Crippen MR) is 94.4 cm³/mol. The molecule has 0 aliphatic carbocycles. The van der Waals surface area contributed by atoms with Crippen molar-refractivity contribution in [3.05, 3.63) is 63.2 Å². The molecular weight excluding hydrogens is 361 g/mol. The average molecular weight is 377 g/mol. The van der Waals surface area contributed by atoms with Gasteiger partial charge in [0.1, 0.15) is 0 Å². The third-order valence-electron chi connectivity index (χ3n) is 2.94. The van der Waals surface area contributed by atoms with Crippen LogP contribution in [0.25, 0.3) is 0 Å². The minimum Gasteiger partial charge on any atom is -0.399 e. The van der Waals surface area contributed by atoms with E-state index in [2.05, 4.69) is 57.1 Å². The van der Waals surface area contributed by atoms with Gasteiger partial charge < -0.3 is 5.73 Å². The zero-order valence-electron chi connectivity index (χ0n) is 11.5. The molecule has 0 fully saturated rings. The second kappa shape index (κ2) is 6.65. The summed E-state index contributed by atoms with van der Waals surface area (Å²) in [6, 6.07) is 15.8. The Labute approximate surface area is 132 Å². The van der Waals surface area contributed by atoms with Gasteiger partial charge in [-0.3, -0.25) is 0 Å². The summed E-state index contributed by atoms with van der Waals surface area (Å²) in [7, 11) is 0. The molecule has 0 spiro atoms. The Kier molecular flexibility index (Phi) is 4.89. The quantitative estimate of drug-likeness (QED) is 0.372. The zero-order chi connectivity index (χ0) is 14.5. The average Bonchev–Trinajstić information content (AvgIpc) is 2.46. The van der Waals surface area contributed by atoms with Crippen LogP contribution in [0.3, 0.4) is 0 Å². The second-order valence-electron chi connectivity index (χ2n) is 4.50. The molecule has 0 saturated heterocycles. The van der Waals surface area contributed by atoms with Crippen LogP contribution in [0.4, 0.5) is 5.69 Å². The van der Waals surface area contributed by atoms with E-state index in [1.54, 1.807) is 0 Å². The van der Waals surface area contributed by atoms with Gasteiger partial charge in [0, 0.05) is 9.26 Å².